The van der Waals surface area contributed by atoms with Crippen molar-refractivity contribution in [3.8, 4) is 0 Å². The van der Waals surface area contributed by atoms with Crippen LogP contribution < -0.4 is 15.8 Å². The van der Waals surface area contributed by atoms with Gasteiger partial charge in [-0.2, -0.15) is 0 Å². The maximum atomic E-state index is 14.0. The molecule has 0 saturated heterocycles. The molecule has 0 spiro atoms. The van der Waals surface area contributed by atoms with Crippen LogP contribution >= 0.6 is 0 Å². The highest BCUT2D eigenvalue weighted by atomic mass is 32.2. The van der Waals surface area contributed by atoms with E-state index in [-0.39, 0.29) is 6.42 Å². The summed E-state index contributed by atoms with van der Waals surface area (Å²) in [5.74, 6) is -2.91. The van der Waals surface area contributed by atoms with Crippen molar-refractivity contribution in [2.45, 2.75) is 37.6 Å². The van der Waals surface area contributed by atoms with Crippen LogP contribution in [0, 0.1) is 11.6 Å². The fourth-order valence-corrected chi connectivity index (χ4v) is 3.81. The lowest BCUT2D eigenvalue weighted by atomic mass is 10.1. The van der Waals surface area contributed by atoms with Gasteiger partial charge in [-0.15, -0.1) is 0 Å². The molecular weight excluding hydrogens is 376 g/mol. The molecule has 0 fully saturated rings. The van der Waals surface area contributed by atoms with E-state index in [9.17, 15) is 22.0 Å². The number of halogens is 2. The van der Waals surface area contributed by atoms with E-state index in [4.69, 9.17) is 5.73 Å². The molecule has 0 aliphatic carbocycles. The molecular formula is C18H21F2N3O3S. The van der Waals surface area contributed by atoms with Crippen LogP contribution in [0.15, 0.2) is 41.3 Å². The van der Waals surface area contributed by atoms with Gasteiger partial charge in [-0.1, -0.05) is 12.1 Å². The predicted octanol–water partition coefficient (Wildman–Crippen LogP) is 2.81. The molecule has 0 radical (unpaired) electrons. The molecule has 0 aliphatic heterocycles. The summed E-state index contributed by atoms with van der Waals surface area (Å²) in [6, 6.07) is 7.70. The number of nitrogen functional groups attached to an aromatic ring is 1. The first-order chi connectivity index (χ1) is 12.4. The van der Waals surface area contributed by atoms with E-state index in [2.05, 4.69) is 10.0 Å². The first-order valence-electron chi connectivity index (χ1n) is 8.05. The van der Waals surface area contributed by atoms with E-state index < -0.39 is 43.7 Å². The lowest BCUT2D eigenvalue weighted by Crippen LogP contribution is -2.40. The van der Waals surface area contributed by atoms with Gasteiger partial charge in [0.05, 0.1) is 12.1 Å². The third kappa shape index (κ3) is 5.73. The lowest BCUT2D eigenvalue weighted by Gasteiger charge is -2.21. The van der Waals surface area contributed by atoms with E-state index in [0.717, 1.165) is 6.07 Å². The molecule has 0 saturated carbocycles. The van der Waals surface area contributed by atoms with Gasteiger partial charge in [0.2, 0.25) is 15.9 Å². The smallest absolute Gasteiger partial charge is 0.244 e. The Morgan fingerprint density at radius 2 is 1.67 bits per heavy atom. The third-order valence-corrected chi connectivity index (χ3v) is 5.14. The highest BCUT2D eigenvalue weighted by Gasteiger charge is 2.27. The van der Waals surface area contributed by atoms with E-state index in [1.54, 1.807) is 45.0 Å². The molecule has 0 unspecified atom stereocenters. The molecule has 1 amide bonds. The van der Waals surface area contributed by atoms with Crippen molar-refractivity contribution >= 4 is 27.3 Å². The number of carbonyl (C=O) groups excluding carboxylic acids is 1. The molecule has 27 heavy (non-hydrogen) atoms. The number of carbonyl (C=O) groups is 1. The number of amides is 1. The van der Waals surface area contributed by atoms with Crippen molar-refractivity contribution in [2.75, 3.05) is 11.1 Å². The Morgan fingerprint density at radius 3 is 2.22 bits per heavy atom. The van der Waals surface area contributed by atoms with E-state index in [0.29, 0.717) is 17.3 Å². The first kappa shape index (κ1) is 20.8. The Kier molecular flexibility index (Phi) is 5.86. The van der Waals surface area contributed by atoms with Gasteiger partial charge in [-0.05, 0) is 44.5 Å². The molecule has 0 atom stereocenters. The number of anilines is 2. The summed E-state index contributed by atoms with van der Waals surface area (Å²) in [6.07, 6.45) is -0.0839. The summed E-state index contributed by atoms with van der Waals surface area (Å²) >= 11 is 0. The molecule has 2 aromatic rings. The normalized spacial score (nSPS) is 12.0. The topological polar surface area (TPSA) is 101 Å². The van der Waals surface area contributed by atoms with Crippen LogP contribution in [0.25, 0.3) is 0 Å². The molecule has 0 aromatic heterocycles. The van der Waals surface area contributed by atoms with Crippen molar-refractivity contribution in [1.82, 2.24) is 4.72 Å². The zero-order valence-corrected chi connectivity index (χ0v) is 16.0. The number of hydrogen-bond acceptors (Lipinski definition) is 4. The summed E-state index contributed by atoms with van der Waals surface area (Å²) in [7, 11) is -4.24. The fourth-order valence-electron chi connectivity index (χ4n) is 2.30. The van der Waals surface area contributed by atoms with Crippen LogP contribution in [0.3, 0.4) is 0 Å². The predicted molar refractivity (Wildman–Crippen MR) is 99.6 cm³/mol. The first-order valence-corrected chi connectivity index (χ1v) is 9.53. The maximum Gasteiger partial charge on any atom is 0.244 e. The van der Waals surface area contributed by atoms with Crippen LogP contribution in [0.2, 0.25) is 0 Å². The number of rotatable bonds is 5. The second-order valence-electron chi connectivity index (χ2n) is 7.08. The van der Waals surface area contributed by atoms with E-state index >= 15 is 0 Å². The molecule has 4 N–H and O–H groups in total. The summed E-state index contributed by atoms with van der Waals surface area (Å²) < 4.78 is 55.0. The van der Waals surface area contributed by atoms with Gasteiger partial charge >= 0.3 is 0 Å². The third-order valence-electron chi connectivity index (χ3n) is 3.37. The molecule has 2 rings (SSSR count). The highest BCUT2D eigenvalue weighted by molar-refractivity contribution is 7.89. The lowest BCUT2D eigenvalue weighted by molar-refractivity contribution is -0.115. The summed E-state index contributed by atoms with van der Waals surface area (Å²) in [6.45, 7) is 4.75. The Balaban J connectivity index is 2.27. The molecule has 0 bridgehead atoms. The zero-order chi connectivity index (χ0) is 20.4. The average molecular weight is 397 g/mol. The van der Waals surface area contributed by atoms with Crippen LogP contribution in [-0.2, 0) is 21.2 Å². The van der Waals surface area contributed by atoms with Crippen molar-refractivity contribution in [1.29, 1.82) is 0 Å². The SMILES string of the molecule is CC(C)(C)NS(=O)(=O)c1cc(NC(=O)Cc2ccc(N)cc2)c(F)cc1F. The minimum Gasteiger partial charge on any atom is -0.399 e. The van der Waals surface area contributed by atoms with Crippen molar-refractivity contribution in [3.63, 3.8) is 0 Å². The molecule has 0 heterocycles. The van der Waals surface area contributed by atoms with Gasteiger partial charge in [0.25, 0.3) is 0 Å². The van der Waals surface area contributed by atoms with Crippen LogP contribution in [0.1, 0.15) is 26.3 Å². The van der Waals surface area contributed by atoms with Crippen LogP contribution in [0.5, 0.6) is 0 Å². The molecule has 146 valence electrons. The molecule has 2 aromatic carbocycles. The Hall–Kier alpha value is -2.52. The second kappa shape index (κ2) is 7.61. The van der Waals surface area contributed by atoms with E-state index in [1.165, 1.54) is 0 Å². The van der Waals surface area contributed by atoms with Gasteiger partial charge in [0.15, 0.2) is 0 Å². The minimum absolute atomic E-state index is 0.0839. The number of nitrogens with one attached hydrogen (secondary N) is 2. The van der Waals surface area contributed by atoms with Crippen molar-refractivity contribution in [3.05, 3.63) is 53.6 Å². The highest BCUT2D eigenvalue weighted by Crippen LogP contribution is 2.24. The van der Waals surface area contributed by atoms with Gasteiger partial charge < -0.3 is 11.1 Å². The number of hydrogen-bond donors (Lipinski definition) is 3. The summed E-state index contributed by atoms with van der Waals surface area (Å²) in [4.78, 5) is 11.4. The van der Waals surface area contributed by atoms with Crippen molar-refractivity contribution < 1.29 is 22.0 Å². The average Bonchev–Trinajstić information content (AvgIpc) is 2.49. The molecule has 6 nitrogen and oxygen atoms in total. The van der Waals surface area contributed by atoms with Crippen molar-refractivity contribution in [2.24, 2.45) is 0 Å². The zero-order valence-electron chi connectivity index (χ0n) is 15.1. The summed E-state index contributed by atoms with van der Waals surface area (Å²) in [5, 5.41) is 2.27. The van der Waals surface area contributed by atoms with Gasteiger partial charge in [-0.3, -0.25) is 4.79 Å². The van der Waals surface area contributed by atoms with Gasteiger partial charge in [-0.25, -0.2) is 21.9 Å². The van der Waals surface area contributed by atoms with Gasteiger partial charge in [0, 0.05) is 17.3 Å². The minimum atomic E-state index is -4.24. The largest absolute Gasteiger partial charge is 0.399 e. The van der Waals surface area contributed by atoms with Gasteiger partial charge in [0.1, 0.15) is 16.5 Å². The monoisotopic (exact) mass is 397 g/mol. The van der Waals surface area contributed by atoms with E-state index in [1.807, 2.05) is 0 Å². The Bertz CT molecular complexity index is 953. The van der Waals surface area contributed by atoms with Crippen LogP contribution in [0.4, 0.5) is 20.2 Å². The molecule has 9 heteroatoms. The second-order valence-corrected chi connectivity index (χ2v) is 8.74. The van der Waals surface area contributed by atoms with Crippen LogP contribution in [-0.4, -0.2) is 19.9 Å². The number of sulfonamides is 1. The number of nitrogens with two attached hydrogens (primary N) is 1. The number of benzene rings is 2. The maximum absolute atomic E-state index is 14.0. The Morgan fingerprint density at radius 1 is 1.07 bits per heavy atom. The fraction of sp³-hybridized carbons (Fsp3) is 0.278. The Labute approximate surface area is 156 Å². The summed E-state index contributed by atoms with van der Waals surface area (Å²) in [5.41, 5.74) is 5.44. The standard InChI is InChI=1S/C18H21F2N3O3S/c1-18(2,3)23-27(25,26)16-10-15(13(19)9-14(16)20)22-17(24)8-11-4-6-12(21)7-5-11/h4-7,9-10,23H,8,21H2,1-3H3,(H,22,24). The molecule has 0 aliphatic rings. The quantitative estimate of drug-likeness (QED) is 0.675.